The Bertz CT molecular complexity index is 952. The van der Waals surface area contributed by atoms with Crippen molar-refractivity contribution in [3.8, 4) is 5.75 Å². The monoisotopic (exact) mass is 453 g/mol. The van der Waals surface area contributed by atoms with Gasteiger partial charge in [-0.2, -0.15) is 13.2 Å². The molecule has 2 aromatic carbocycles. The maximum Gasteiger partial charge on any atom is 0.416 e. The van der Waals surface area contributed by atoms with Crippen LogP contribution in [0.25, 0.3) is 0 Å². The number of benzene rings is 2. The number of anilines is 2. The number of carbonyl (C=O) groups is 2. The number of hydrogen-bond acceptors (Lipinski definition) is 5. The van der Waals surface area contributed by atoms with Crippen LogP contribution in [0, 0.1) is 0 Å². The average molecular weight is 453 g/mol. The molecule has 1 aliphatic heterocycles. The Hall–Kier alpha value is -3.47. The van der Waals surface area contributed by atoms with Gasteiger partial charge in [0, 0.05) is 18.4 Å². The Kier molecular flexibility index (Phi) is 7.08. The first-order valence-corrected chi connectivity index (χ1v) is 9.68. The van der Waals surface area contributed by atoms with E-state index >= 15 is 0 Å². The maximum atomic E-state index is 12.6. The van der Waals surface area contributed by atoms with Gasteiger partial charge >= 0.3 is 18.3 Å². The fraction of sp³-hybridized carbons (Fsp3) is 0.333. The number of nitrogens with one attached hydrogen (secondary N) is 1. The van der Waals surface area contributed by atoms with Crippen molar-refractivity contribution in [2.45, 2.75) is 12.3 Å². The minimum absolute atomic E-state index is 0.0788. The summed E-state index contributed by atoms with van der Waals surface area (Å²) >= 11 is 0. The van der Waals surface area contributed by atoms with Crippen molar-refractivity contribution < 1.29 is 37.3 Å². The maximum absolute atomic E-state index is 12.6. The number of likely N-dealkylation sites (N-methyl/N-ethyl adjacent to an activating group) is 1. The van der Waals surface area contributed by atoms with E-state index in [9.17, 15) is 27.9 Å². The van der Waals surface area contributed by atoms with E-state index < -0.39 is 30.0 Å². The van der Waals surface area contributed by atoms with Gasteiger partial charge in [0.25, 0.3) is 0 Å². The summed E-state index contributed by atoms with van der Waals surface area (Å²) in [6.45, 7) is 0.423. The van der Waals surface area contributed by atoms with Crippen LogP contribution in [0.4, 0.5) is 34.1 Å². The highest BCUT2D eigenvalue weighted by atomic mass is 19.4. The molecule has 3 amide bonds. The second-order valence-corrected chi connectivity index (χ2v) is 7.11. The molecule has 0 aliphatic carbocycles. The van der Waals surface area contributed by atoms with E-state index in [2.05, 4.69) is 5.32 Å². The summed E-state index contributed by atoms with van der Waals surface area (Å²) in [5.74, 6) is 0.168. The molecule has 8 nitrogen and oxygen atoms in total. The van der Waals surface area contributed by atoms with Crippen LogP contribution in [-0.2, 0) is 10.9 Å². The van der Waals surface area contributed by atoms with Gasteiger partial charge in [0.1, 0.15) is 25.1 Å². The third kappa shape index (κ3) is 6.03. The van der Waals surface area contributed by atoms with Crippen molar-refractivity contribution in [1.82, 2.24) is 4.90 Å². The predicted molar refractivity (Wildman–Crippen MR) is 110 cm³/mol. The van der Waals surface area contributed by atoms with Gasteiger partial charge in [-0.15, -0.1) is 0 Å². The molecule has 0 bridgehead atoms. The van der Waals surface area contributed by atoms with Crippen molar-refractivity contribution in [3.05, 3.63) is 54.1 Å². The highest BCUT2D eigenvalue weighted by Crippen LogP contribution is 2.30. The molecule has 1 heterocycles. The van der Waals surface area contributed by atoms with Gasteiger partial charge < -0.3 is 24.8 Å². The third-order valence-electron chi connectivity index (χ3n) is 4.63. The minimum atomic E-state index is -4.44. The van der Waals surface area contributed by atoms with E-state index in [0.29, 0.717) is 24.5 Å². The lowest BCUT2D eigenvalue weighted by molar-refractivity contribution is -0.137. The zero-order valence-electron chi connectivity index (χ0n) is 17.1. The van der Waals surface area contributed by atoms with Crippen LogP contribution in [0.5, 0.6) is 5.75 Å². The Morgan fingerprint density at radius 1 is 1.28 bits per heavy atom. The number of ether oxygens (including phenoxy) is 2. The number of hydrogen-bond donors (Lipinski definition) is 2. The molecule has 2 aromatic rings. The normalized spacial score (nSPS) is 14.7. The standard InChI is InChI=1S/C21H22F3N3O5/c1-26(12-17(28)13-32-18-7-5-14(6-8-18)21(22,23)24)19(29)25-15-3-2-4-16(11-15)27-9-10-31-20(27)30/h2-8,11,17,28H,9-10,12-13H2,1H3,(H,25,29). The number of alkyl halides is 3. The van der Waals surface area contributed by atoms with Crippen molar-refractivity contribution in [3.63, 3.8) is 0 Å². The van der Waals surface area contributed by atoms with Crippen molar-refractivity contribution in [2.24, 2.45) is 0 Å². The van der Waals surface area contributed by atoms with Crippen LogP contribution < -0.4 is 15.0 Å². The summed E-state index contributed by atoms with van der Waals surface area (Å²) in [6, 6.07) is 10.3. The molecule has 1 fully saturated rings. The van der Waals surface area contributed by atoms with E-state index in [0.717, 1.165) is 24.3 Å². The SMILES string of the molecule is CN(CC(O)COc1ccc(C(F)(F)F)cc1)C(=O)Nc1cccc(N2CCOC2=O)c1. The molecule has 0 saturated carbocycles. The molecule has 1 atom stereocenters. The summed E-state index contributed by atoms with van der Waals surface area (Å²) in [5, 5.41) is 12.8. The molecule has 0 spiro atoms. The molecular formula is C21H22F3N3O5. The van der Waals surface area contributed by atoms with E-state index in [1.54, 1.807) is 24.3 Å². The fourth-order valence-corrected chi connectivity index (χ4v) is 2.98. The Labute approximate surface area is 182 Å². The highest BCUT2D eigenvalue weighted by molar-refractivity contribution is 5.93. The van der Waals surface area contributed by atoms with Crippen LogP contribution >= 0.6 is 0 Å². The second kappa shape index (κ2) is 9.77. The van der Waals surface area contributed by atoms with Crippen LogP contribution in [0.2, 0.25) is 0 Å². The summed E-state index contributed by atoms with van der Waals surface area (Å²) in [7, 11) is 1.47. The van der Waals surface area contributed by atoms with Gasteiger partial charge in [-0.05, 0) is 42.5 Å². The first-order valence-electron chi connectivity index (χ1n) is 9.68. The molecule has 11 heteroatoms. The molecule has 32 heavy (non-hydrogen) atoms. The lowest BCUT2D eigenvalue weighted by Crippen LogP contribution is -2.39. The van der Waals surface area contributed by atoms with Gasteiger partial charge in [0.15, 0.2) is 0 Å². The van der Waals surface area contributed by atoms with Crippen molar-refractivity contribution in [1.29, 1.82) is 0 Å². The third-order valence-corrected chi connectivity index (χ3v) is 4.63. The first-order chi connectivity index (χ1) is 15.1. The summed E-state index contributed by atoms with van der Waals surface area (Å²) in [6.07, 6.45) is -5.97. The zero-order valence-corrected chi connectivity index (χ0v) is 17.1. The first kappa shape index (κ1) is 23.2. The van der Waals surface area contributed by atoms with E-state index in [1.807, 2.05) is 0 Å². The quantitative estimate of drug-likeness (QED) is 0.669. The summed E-state index contributed by atoms with van der Waals surface area (Å²) in [4.78, 5) is 26.8. The lowest BCUT2D eigenvalue weighted by atomic mass is 10.2. The highest BCUT2D eigenvalue weighted by Gasteiger charge is 2.30. The van der Waals surface area contributed by atoms with Crippen LogP contribution in [0.1, 0.15) is 5.56 Å². The van der Waals surface area contributed by atoms with Gasteiger partial charge in [-0.1, -0.05) is 6.07 Å². The summed E-state index contributed by atoms with van der Waals surface area (Å²) < 4.78 is 47.9. The predicted octanol–water partition coefficient (Wildman–Crippen LogP) is 3.57. The number of amides is 3. The molecular weight excluding hydrogens is 431 g/mol. The van der Waals surface area contributed by atoms with Crippen LogP contribution in [-0.4, -0.2) is 61.6 Å². The molecule has 1 saturated heterocycles. The van der Waals surface area contributed by atoms with E-state index in [4.69, 9.17) is 9.47 Å². The van der Waals surface area contributed by atoms with E-state index in [1.165, 1.54) is 16.8 Å². The number of rotatable bonds is 7. The number of aliphatic hydroxyl groups is 1. The van der Waals surface area contributed by atoms with Crippen molar-refractivity contribution >= 4 is 23.5 Å². The van der Waals surface area contributed by atoms with E-state index in [-0.39, 0.29) is 18.9 Å². The number of urea groups is 1. The second-order valence-electron chi connectivity index (χ2n) is 7.11. The number of halogens is 3. The minimum Gasteiger partial charge on any atom is -0.491 e. The Morgan fingerprint density at radius 2 is 2.00 bits per heavy atom. The van der Waals surface area contributed by atoms with Gasteiger partial charge in [0.2, 0.25) is 0 Å². The Morgan fingerprint density at radius 3 is 2.62 bits per heavy atom. The molecule has 172 valence electrons. The molecule has 3 rings (SSSR count). The fourth-order valence-electron chi connectivity index (χ4n) is 2.98. The number of aliphatic hydroxyl groups excluding tert-OH is 1. The molecule has 1 unspecified atom stereocenters. The molecule has 2 N–H and O–H groups in total. The van der Waals surface area contributed by atoms with Crippen LogP contribution in [0.3, 0.4) is 0 Å². The number of nitrogens with zero attached hydrogens (tertiary/aromatic N) is 2. The number of carbonyl (C=O) groups excluding carboxylic acids is 2. The van der Waals surface area contributed by atoms with Gasteiger partial charge in [-0.3, -0.25) is 4.90 Å². The van der Waals surface area contributed by atoms with Gasteiger partial charge in [0.05, 0.1) is 18.7 Å². The topological polar surface area (TPSA) is 91.3 Å². The van der Waals surface area contributed by atoms with Gasteiger partial charge in [-0.25, -0.2) is 9.59 Å². The molecule has 0 aromatic heterocycles. The largest absolute Gasteiger partial charge is 0.491 e. The lowest BCUT2D eigenvalue weighted by Gasteiger charge is -2.22. The number of cyclic esters (lactones) is 1. The molecule has 1 aliphatic rings. The Balaban J connectivity index is 1.48. The van der Waals surface area contributed by atoms with Crippen LogP contribution in [0.15, 0.2) is 48.5 Å². The van der Waals surface area contributed by atoms with Crippen molar-refractivity contribution in [2.75, 3.05) is 43.6 Å². The summed E-state index contributed by atoms with van der Waals surface area (Å²) in [5.41, 5.74) is 0.236. The zero-order chi connectivity index (χ0) is 23.3. The molecule has 0 radical (unpaired) electrons. The average Bonchev–Trinajstić information content (AvgIpc) is 3.18. The smallest absolute Gasteiger partial charge is 0.416 e.